The molecule has 0 saturated carbocycles. The molecule has 6 N–H and O–H groups in total. The van der Waals surface area contributed by atoms with E-state index in [9.17, 15) is 4.79 Å². The monoisotopic (exact) mass is 268 g/mol. The first-order valence-corrected chi connectivity index (χ1v) is 5.96. The summed E-state index contributed by atoms with van der Waals surface area (Å²) >= 11 is 1.48. The molecule has 2 heterocycles. The van der Waals surface area contributed by atoms with Crippen molar-refractivity contribution in [3.05, 3.63) is 11.4 Å². The van der Waals surface area contributed by atoms with E-state index in [2.05, 4.69) is 25.4 Å². The minimum Gasteiger partial charge on any atom is -0.448 e. The van der Waals surface area contributed by atoms with Crippen LogP contribution in [0.25, 0.3) is 10.2 Å². The Morgan fingerprint density at radius 2 is 2.33 bits per heavy atom. The first kappa shape index (κ1) is 12.3. The maximum atomic E-state index is 10.4. The number of primary amides is 1. The molecule has 96 valence electrons. The highest BCUT2D eigenvalue weighted by Crippen LogP contribution is 2.25. The predicted octanol–water partition coefficient (Wildman–Crippen LogP) is 0.484. The second-order valence-electron chi connectivity index (χ2n) is 3.27. The lowest BCUT2D eigenvalue weighted by atomic mass is 10.4. The smallest absolute Gasteiger partial charge is 0.404 e. The fourth-order valence-electron chi connectivity index (χ4n) is 1.38. The van der Waals surface area contributed by atoms with Crippen molar-refractivity contribution < 1.29 is 9.53 Å². The van der Waals surface area contributed by atoms with Crippen LogP contribution < -0.4 is 22.3 Å². The Labute approximate surface area is 106 Å². The topological polar surface area (TPSA) is 128 Å². The molecule has 2 aromatic rings. The highest BCUT2D eigenvalue weighted by Gasteiger charge is 2.07. The minimum atomic E-state index is -0.801. The van der Waals surface area contributed by atoms with E-state index in [1.54, 1.807) is 0 Å². The van der Waals surface area contributed by atoms with E-state index in [0.717, 1.165) is 10.2 Å². The lowest BCUT2D eigenvalue weighted by Gasteiger charge is -2.08. The highest BCUT2D eigenvalue weighted by molar-refractivity contribution is 7.16. The largest absolute Gasteiger partial charge is 0.448 e. The number of hydrogen-bond acceptors (Lipinski definition) is 8. The Bertz CT molecular complexity index is 557. The summed E-state index contributed by atoms with van der Waals surface area (Å²) in [6.45, 7) is 0.561. The number of carbonyl (C=O) groups excluding carboxylic acids is 1. The van der Waals surface area contributed by atoms with Crippen LogP contribution in [0.3, 0.4) is 0 Å². The van der Waals surface area contributed by atoms with Gasteiger partial charge in [-0.2, -0.15) is 4.98 Å². The maximum absolute atomic E-state index is 10.4. The first-order valence-electron chi connectivity index (χ1n) is 5.08. The quantitative estimate of drug-likeness (QED) is 0.353. The zero-order valence-corrected chi connectivity index (χ0v) is 10.2. The van der Waals surface area contributed by atoms with Gasteiger partial charge < -0.3 is 15.8 Å². The van der Waals surface area contributed by atoms with Gasteiger partial charge in [-0.3, -0.25) is 5.43 Å². The summed E-state index contributed by atoms with van der Waals surface area (Å²) in [5.74, 6) is 6.24. The number of hydrogen-bond donors (Lipinski definition) is 4. The third-order valence-corrected chi connectivity index (χ3v) is 2.90. The highest BCUT2D eigenvalue weighted by atomic mass is 32.1. The number of anilines is 2. The number of ether oxygens (including phenoxy) is 1. The van der Waals surface area contributed by atoms with Gasteiger partial charge in [-0.05, 0) is 11.4 Å². The molecule has 0 fully saturated rings. The van der Waals surface area contributed by atoms with Crippen LogP contribution in [0.4, 0.5) is 16.6 Å². The van der Waals surface area contributed by atoms with Crippen LogP contribution in [0.5, 0.6) is 0 Å². The van der Waals surface area contributed by atoms with Gasteiger partial charge in [0, 0.05) is 0 Å². The van der Waals surface area contributed by atoms with Gasteiger partial charge >= 0.3 is 6.09 Å². The number of hydrazine groups is 1. The molecule has 0 aliphatic carbocycles. The summed E-state index contributed by atoms with van der Waals surface area (Å²) in [4.78, 5) is 19.6. The SMILES string of the molecule is NNc1nc(NCCOC(N)=O)c2ccsc2n1. The van der Waals surface area contributed by atoms with Gasteiger partial charge in [0.25, 0.3) is 0 Å². The molecule has 0 aromatic carbocycles. The Morgan fingerprint density at radius 3 is 3.06 bits per heavy atom. The summed E-state index contributed by atoms with van der Waals surface area (Å²) in [7, 11) is 0. The maximum Gasteiger partial charge on any atom is 0.404 e. The molecule has 0 aliphatic rings. The van der Waals surface area contributed by atoms with Gasteiger partial charge in [0.1, 0.15) is 17.3 Å². The molecule has 0 radical (unpaired) electrons. The number of nitrogen functional groups attached to an aromatic ring is 1. The van der Waals surface area contributed by atoms with Crippen LogP contribution in [0.15, 0.2) is 11.4 Å². The van der Waals surface area contributed by atoms with Crippen molar-refractivity contribution in [1.29, 1.82) is 0 Å². The zero-order chi connectivity index (χ0) is 13.0. The summed E-state index contributed by atoms with van der Waals surface area (Å²) < 4.78 is 4.61. The Kier molecular flexibility index (Phi) is 3.75. The molecule has 9 heteroatoms. The fraction of sp³-hybridized carbons (Fsp3) is 0.222. The van der Waals surface area contributed by atoms with Gasteiger partial charge in [-0.25, -0.2) is 15.6 Å². The number of rotatable bonds is 5. The number of nitrogens with zero attached hydrogens (tertiary/aromatic N) is 2. The lowest BCUT2D eigenvalue weighted by Crippen LogP contribution is -2.19. The molecule has 0 spiro atoms. The number of amides is 1. The average Bonchev–Trinajstić information content (AvgIpc) is 2.82. The molecule has 0 bridgehead atoms. The van der Waals surface area contributed by atoms with Gasteiger partial charge in [0.05, 0.1) is 11.9 Å². The van der Waals surface area contributed by atoms with E-state index in [-0.39, 0.29) is 6.61 Å². The fourth-order valence-corrected chi connectivity index (χ4v) is 2.14. The molecule has 0 aliphatic heterocycles. The van der Waals surface area contributed by atoms with Crippen molar-refractivity contribution >= 4 is 39.4 Å². The lowest BCUT2D eigenvalue weighted by molar-refractivity contribution is 0.161. The molecular weight excluding hydrogens is 256 g/mol. The Balaban J connectivity index is 2.10. The van der Waals surface area contributed by atoms with Gasteiger partial charge in [0.2, 0.25) is 5.95 Å². The molecule has 0 atom stereocenters. The predicted molar refractivity (Wildman–Crippen MR) is 69.3 cm³/mol. The van der Waals surface area contributed by atoms with Crippen molar-refractivity contribution in [2.75, 3.05) is 23.9 Å². The number of fused-ring (bicyclic) bond motifs is 1. The zero-order valence-electron chi connectivity index (χ0n) is 9.34. The van der Waals surface area contributed by atoms with Crippen molar-refractivity contribution in [1.82, 2.24) is 9.97 Å². The minimum absolute atomic E-state index is 0.163. The standard InChI is InChI=1S/C9H12N6O2S/c10-8(16)17-3-2-12-6-5-1-4-18-7(5)14-9(13-6)15-11/h1,4H,2-3,11H2,(H2,10,16)(H2,12,13,14,15). The summed E-state index contributed by atoms with van der Waals surface area (Å²) in [6, 6.07) is 1.90. The van der Waals surface area contributed by atoms with Crippen LogP contribution in [-0.4, -0.2) is 29.2 Å². The van der Waals surface area contributed by atoms with Gasteiger partial charge in [0.15, 0.2) is 0 Å². The third kappa shape index (κ3) is 2.76. The number of carbonyl (C=O) groups is 1. The summed E-state index contributed by atoms with van der Waals surface area (Å²) in [6.07, 6.45) is -0.801. The Hall–Kier alpha value is -2.13. The van der Waals surface area contributed by atoms with E-state index in [1.807, 2.05) is 11.4 Å². The van der Waals surface area contributed by atoms with Crippen LogP contribution in [0, 0.1) is 0 Å². The van der Waals surface area contributed by atoms with E-state index in [1.165, 1.54) is 11.3 Å². The molecule has 8 nitrogen and oxygen atoms in total. The van der Waals surface area contributed by atoms with Crippen molar-refractivity contribution in [3.63, 3.8) is 0 Å². The average molecular weight is 268 g/mol. The van der Waals surface area contributed by atoms with E-state index < -0.39 is 6.09 Å². The number of nitrogens with one attached hydrogen (secondary N) is 2. The second-order valence-corrected chi connectivity index (χ2v) is 4.17. The molecule has 1 amide bonds. The van der Waals surface area contributed by atoms with E-state index in [4.69, 9.17) is 11.6 Å². The molecule has 0 saturated heterocycles. The van der Waals surface area contributed by atoms with E-state index >= 15 is 0 Å². The number of thiophene rings is 1. The second kappa shape index (κ2) is 5.47. The normalized spacial score (nSPS) is 10.3. The van der Waals surface area contributed by atoms with Crippen LogP contribution in [-0.2, 0) is 4.74 Å². The van der Waals surface area contributed by atoms with Gasteiger partial charge in [-0.1, -0.05) is 0 Å². The molecule has 2 aromatic heterocycles. The first-order chi connectivity index (χ1) is 8.70. The van der Waals surface area contributed by atoms with Crippen LogP contribution >= 0.6 is 11.3 Å². The summed E-state index contributed by atoms with van der Waals surface area (Å²) in [5, 5.41) is 5.83. The van der Waals surface area contributed by atoms with Crippen molar-refractivity contribution in [3.8, 4) is 0 Å². The van der Waals surface area contributed by atoms with E-state index in [0.29, 0.717) is 18.3 Å². The van der Waals surface area contributed by atoms with Gasteiger partial charge in [-0.15, -0.1) is 11.3 Å². The number of aromatic nitrogens is 2. The number of nitrogens with two attached hydrogens (primary N) is 2. The van der Waals surface area contributed by atoms with Crippen LogP contribution in [0.2, 0.25) is 0 Å². The third-order valence-electron chi connectivity index (χ3n) is 2.09. The van der Waals surface area contributed by atoms with Crippen molar-refractivity contribution in [2.24, 2.45) is 11.6 Å². The Morgan fingerprint density at radius 1 is 1.50 bits per heavy atom. The summed E-state index contributed by atoms with van der Waals surface area (Å²) in [5.41, 5.74) is 7.25. The van der Waals surface area contributed by atoms with Crippen LogP contribution in [0.1, 0.15) is 0 Å². The van der Waals surface area contributed by atoms with Crippen molar-refractivity contribution in [2.45, 2.75) is 0 Å². The molecular formula is C9H12N6O2S. The molecule has 18 heavy (non-hydrogen) atoms. The molecule has 2 rings (SSSR count). The molecule has 0 unspecified atom stereocenters.